The number of halogens is 1. The van der Waals surface area contributed by atoms with E-state index in [1.165, 1.54) is 23.1 Å². The lowest BCUT2D eigenvalue weighted by atomic mass is 9.90. The van der Waals surface area contributed by atoms with Gasteiger partial charge in [0, 0.05) is 24.7 Å². The summed E-state index contributed by atoms with van der Waals surface area (Å²) in [6.45, 7) is 2.79. The predicted octanol–water partition coefficient (Wildman–Crippen LogP) is 1.60. The molecule has 9 nitrogen and oxygen atoms in total. The van der Waals surface area contributed by atoms with Gasteiger partial charge in [-0.15, -0.1) is 0 Å². The lowest BCUT2D eigenvalue weighted by Gasteiger charge is -2.36. The van der Waals surface area contributed by atoms with E-state index >= 15 is 4.39 Å². The molecule has 31 heavy (non-hydrogen) atoms. The van der Waals surface area contributed by atoms with Gasteiger partial charge in [0.05, 0.1) is 22.8 Å². The van der Waals surface area contributed by atoms with Crippen LogP contribution in [0.1, 0.15) is 49.3 Å². The number of hydrogen-bond acceptors (Lipinski definition) is 7. The van der Waals surface area contributed by atoms with Gasteiger partial charge in [0.1, 0.15) is 18.2 Å². The minimum Gasteiger partial charge on any atom is -0.446 e. The van der Waals surface area contributed by atoms with Crippen molar-refractivity contribution in [2.24, 2.45) is 5.92 Å². The van der Waals surface area contributed by atoms with Gasteiger partial charge in [-0.2, -0.15) is 4.68 Å². The minimum atomic E-state index is -0.803. The summed E-state index contributed by atoms with van der Waals surface area (Å²) in [6.07, 6.45) is 5.02. The van der Waals surface area contributed by atoms with E-state index in [0.29, 0.717) is 47.4 Å². The van der Waals surface area contributed by atoms with Gasteiger partial charge in [-0.3, -0.25) is 9.36 Å². The van der Waals surface area contributed by atoms with E-state index in [2.05, 4.69) is 4.98 Å². The van der Waals surface area contributed by atoms with Crippen molar-refractivity contribution in [3.63, 3.8) is 0 Å². The second-order valence-electron chi connectivity index (χ2n) is 8.43. The third-order valence-corrected chi connectivity index (χ3v) is 6.48. The molecule has 3 heterocycles. The van der Waals surface area contributed by atoms with Crippen molar-refractivity contribution in [2.75, 3.05) is 23.8 Å². The summed E-state index contributed by atoms with van der Waals surface area (Å²) < 4.78 is 22.5. The standard InChI is InChI=1S/C21H24FN5O4/c1-11-16-14(20(29)27(23)21(30)26(16)13-2-3-13)10-15(22)17(11)25-7-4-12(5-8-25)18(28)19-24-6-9-31-19/h6,9-10,12-13,18,28H,2-5,7-8,23H2,1H3. The van der Waals surface area contributed by atoms with Crippen LogP contribution in [0.3, 0.4) is 0 Å². The van der Waals surface area contributed by atoms with E-state index in [-0.39, 0.29) is 23.2 Å². The Bertz CT molecular complexity index is 1250. The molecule has 1 aliphatic carbocycles. The first-order chi connectivity index (χ1) is 14.9. The van der Waals surface area contributed by atoms with E-state index < -0.39 is 23.2 Å². The Morgan fingerprint density at radius 2 is 1.97 bits per heavy atom. The van der Waals surface area contributed by atoms with Crippen molar-refractivity contribution in [1.82, 2.24) is 14.2 Å². The highest BCUT2D eigenvalue weighted by atomic mass is 19.1. The smallest absolute Gasteiger partial charge is 0.350 e. The third kappa shape index (κ3) is 3.13. The third-order valence-electron chi connectivity index (χ3n) is 6.48. The number of aryl methyl sites for hydroxylation is 1. The molecule has 0 spiro atoms. The van der Waals surface area contributed by atoms with Crippen LogP contribution in [-0.4, -0.2) is 32.4 Å². The van der Waals surface area contributed by atoms with E-state index in [4.69, 9.17) is 10.3 Å². The van der Waals surface area contributed by atoms with Gasteiger partial charge >= 0.3 is 5.69 Å². The zero-order valence-corrected chi connectivity index (χ0v) is 17.1. The fourth-order valence-electron chi connectivity index (χ4n) is 4.74. The second-order valence-corrected chi connectivity index (χ2v) is 8.43. The van der Waals surface area contributed by atoms with Gasteiger partial charge in [-0.05, 0) is 44.6 Å². The van der Waals surface area contributed by atoms with Crippen LogP contribution in [-0.2, 0) is 0 Å². The molecule has 1 saturated carbocycles. The molecule has 0 bridgehead atoms. The Labute approximate surface area is 176 Å². The first-order valence-corrected chi connectivity index (χ1v) is 10.5. The number of fused-ring (bicyclic) bond motifs is 1. The first kappa shape index (κ1) is 19.8. The van der Waals surface area contributed by atoms with Gasteiger partial charge in [0.2, 0.25) is 5.89 Å². The number of hydrogen-bond donors (Lipinski definition) is 2. The Balaban J connectivity index is 1.53. The fourth-order valence-corrected chi connectivity index (χ4v) is 4.74. The molecular formula is C21H24FN5O4. The number of aliphatic hydroxyl groups is 1. The lowest BCUT2D eigenvalue weighted by molar-refractivity contribution is 0.0675. The molecule has 2 aromatic heterocycles. The Morgan fingerprint density at radius 1 is 1.26 bits per heavy atom. The number of nitrogen functional groups attached to an aromatic ring is 1. The number of piperidine rings is 1. The highest BCUT2D eigenvalue weighted by Gasteiger charge is 2.33. The zero-order valence-electron chi connectivity index (χ0n) is 17.1. The number of nitrogens with two attached hydrogens (primary N) is 1. The van der Waals surface area contributed by atoms with Crippen LogP contribution < -0.4 is 22.0 Å². The van der Waals surface area contributed by atoms with Gasteiger partial charge < -0.3 is 20.3 Å². The van der Waals surface area contributed by atoms with Crippen molar-refractivity contribution in [2.45, 2.75) is 44.8 Å². The van der Waals surface area contributed by atoms with Crippen molar-refractivity contribution >= 4 is 16.6 Å². The SMILES string of the molecule is Cc1c(N2CCC(C(O)c3ncco3)CC2)c(F)cc2c(=O)n(N)c(=O)n(C3CC3)c12. The number of benzene rings is 1. The predicted molar refractivity (Wildman–Crippen MR) is 112 cm³/mol. The maximum absolute atomic E-state index is 15.2. The normalized spacial score (nSPS) is 18.6. The monoisotopic (exact) mass is 429 g/mol. The summed E-state index contributed by atoms with van der Waals surface area (Å²) in [4.78, 5) is 31.2. The molecule has 10 heteroatoms. The van der Waals surface area contributed by atoms with E-state index in [0.717, 1.165) is 12.8 Å². The number of anilines is 1. The molecule has 2 aliphatic rings. The van der Waals surface area contributed by atoms with Gasteiger partial charge in [-0.25, -0.2) is 14.2 Å². The topological polar surface area (TPSA) is 120 Å². The molecule has 0 radical (unpaired) electrons. The van der Waals surface area contributed by atoms with Crippen LogP contribution in [0, 0.1) is 18.7 Å². The highest BCUT2D eigenvalue weighted by molar-refractivity contribution is 5.87. The summed E-state index contributed by atoms with van der Waals surface area (Å²) in [5.41, 5.74) is 0.132. The van der Waals surface area contributed by atoms with Gasteiger partial charge in [0.15, 0.2) is 0 Å². The molecule has 3 aromatic rings. The maximum atomic E-state index is 15.2. The van der Waals surface area contributed by atoms with Crippen LogP contribution in [0.2, 0.25) is 0 Å². The summed E-state index contributed by atoms with van der Waals surface area (Å²) in [5.74, 6) is 5.40. The number of aliphatic hydroxyl groups excluding tert-OH is 1. The Hall–Kier alpha value is -3.14. The molecular weight excluding hydrogens is 405 g/mol. The molecule has 164 valence electrons. The van der Waals surface area contributed by atoms with Gasteiger partial charge in [0.25, 0.3) is 5.56 Å². The van der Waals surface area contributed by atoms with E-state index in [9.17, 15) is 14.7 Å². The maximum Gasteiger partial charge on any atom is 0.350 e. The molecule has 1 aliphatic heterocycles. The molecule has 1 saturated heterocycles. The number of oxazole rings is 1. The molecule has 0 amide bonds. The highest BCUT2D eigenvalue weighted by Crippen LogP contribution is 2.39. The fraction of sp³-hybridized carbons (Fsp3) is 0.476. The second kappa shape index (κ2) is 7.23. The average Bonchev–Trinajstić information content (AvgIpc) is 3.45. The molecule has 2 fully saturated rings. The van der Waals surface area contributed by atoms with Crippen molar-refractivity contribution in [3.8, 4) is 0 Å². The number of aromatic nitrogens is 3. The lowest BCUT2D eigenvalue weighted by Crippen LogP contribution is -2.45. The van der Waals surface area contributed by atoms with Crippen LogP contribution in [0.25, 0.3) is 10.9 Å². The summed E-state index contributed by atoms with van der Waals surface area (Å²) in [7, 11) is 0. The van der Waals surface area contributed by atoms with E-state index in [1.54, 1.807) is 6.92 Å². The van der Waals surface area contributed by atoms with Crippen LogP contribution in [0.15, 0.2) is 32.5 Å². The molecule has 3 N–H and O–H groups in total. The van der Waals surface area contributed by atoms with Crippen LogP contribution in [0.4, 0.5) is 10.1 Å². The van der Waals surface area contributed by atoms with Gasteiger partial charge in [-0.1, -0.05) is 0 Å². The summed E-state index contributed by atoms with van der Waals surface area (Å²) in [5, 5.41) is 10.6. The van der Waals surface area contributed by atoms with Crippen molar-refractivity contribution < 1.29 is 13.9 Å². The summed E-state index contributed by atoms with van der Waals surface area (Å²) in [6, 6.07) is 1.17. The molecule has 1 aromatic carbocycles. The molecule has 1 atom stereocenters. The van der Waals surface area contributed by atoms with Crippen molar-refractivity contribution in [1.29, 1.82) is 0 Å². The number of nitrogens with zero attached hydrogens (tertiary/aromatic N) is 4. The van der Waals surface area contributed by atoms with Crippen LogP contribution >= 0.6 is 0 Å². The first-order valence-electron chi connectivity index (χ1n) is 10.5. The minimum absolute atomic E-state index is 0.0240. The molecule has 5 rings (SSSR count). The Kier molecular flexibility index (Phi) is 4.62. The largest absolute Gasteiger partial charge is 0.446 e. The average molecular weight is 429 g/mol. The quantitative estimate of drug-likeness (QED) is 0.605. The van der Waals surface area contributed by atoms with Crippen LogP contribution in [0.5, 0.6) is 0 Å². The van der Waals surface area contributed by atoms with E-state index in [1.807, 2.05) is 4.90 Å². The molecule has 1 unspecified atom stereocenters. The summed E-state index contributed by atoms with van der Waals surface area (Å²) >= 11 is 0. The Morgan fingerprint density at radius 3 is 2.58 bits per heavy atom. The zero-order chi connectivity index (χ0) is 21.9. The number of rotatable bonds is 4. The van der Waals surface area contributed by atoms with Crippen molar-refractivity contribution in [3.05, 3.63) is 56.6 Å².